The number of ether oxygens (including phenoxy) is 1. The van der Waals surface area contributed by atoms with Gasteiger partial charge in [0.1, 0.15) is 0 Å². The fourth-order valence-corrected chi connectivity index (χ4v) is 3.19. The van der Waals surface area contributed by atoms with Crippen molar-refractivity contribution in [2.24, 2.45) is 5.41 Å². The molecule has 0 aromatic heterocycles. The van der Waals surface area contributed by atoms with Gasteiger partial charge in [0.15, 0.2) is 9.84 Å². The van der Waals surface area contributed by atoms with E-state index in [9.17, 15) is 8.42 Å². The molecular formula is C15H23NO3S. The Hall–Kier alpha value is -1.07. The number of anilines is 1. The van der Waals surface area contributed by atoms with Gasteiger partial charge in [-0.15, -0.1) is 0 Å². The lowest BCUT2D eigenvalue weighted by molar-refractivity contribution is 0.0300. The van der Waals surface area contributed by atoms with Crippen molar-refractivity contribution in [3.63, 3.8) is 0 Å². The minimum absolute atomic E-state index is 0.137. The Kier molecular flexibility index (Phi) is 4.70. The topological polar surface area (TPSA) is 55.4 Å². The first-order chi connectivity index (χ1) is 9.45. The van der Waals surface area contributed by atoms with Crippen LogP contribution >= 0.6 is 0 Å². The molecule has 0 spiro atoms. The first-order valence-corrected chi connectivity index (χ1v) is 8.75. The van der Waals surface area contributed by atoms with E-state index in [4.69, 9.17) is 4.74 Å². The lowest BCUT2D eigenvalue weighted by atomic mass is 9.82. The molecule has 20 heavy (non-hydrogen) atoms. The van der Waals surface area contributed by atoms with E-state index in [0.29, 0.717) is 4.90 Å². The van der Waals surface area contributed by atoms with Crippen molar-refractivity contribution in [2.45, 2.75) is 31.6 Å². The standard InChI is InChI=1S/C15H23NO3S/c1-3-20(17,18)14-6-4-13(5-7-14)16-12-15(2)8-10-19-11-9-15/h4-7,16H,3,8-12H2,1-2H3. The Morgan fingerprint density at radius 2 is 1.80 bits per heavy atom. The Morgan fingerprint density at radius 1 is 1.20 bits per heavy atom. The van der Waals surface area contributed by atoms with Gasteiger partial charge in [-0.2, -0.15) is 0 Å². The number of rotatable bonds is 5. The van der Waals surface area contributed by atoms with E-state index >= 15 is 0 Å². The molecule has 112 valence electrons. The smallest absolute Gasteiger partial charge is 0.178 e. The molecule has 0 bridgehead atoms. The van der Waals surface area contributed by atoms with Crippen molar-refractivity contribution in [3.8, 4) is 0 Å². The fraction of sp³-hybridized carbons (Fsp3) is 0.600. The van der Waals surface area contributed by atoms with Crippen molar-refractivity contribution in [3.05, 3.63) is 24.3 Å². The second-order valence-electron chi connectivity index (χ2n) is 5.70. The van der Waals surface area contributed by atoms with E-state index in [1.54, 1.807) is 19.1 Å². The molecule has 0 saturated carbocycles. The molecule has 0 atom stereocenters. The summed E-state index contributed by atoms with van der Waals surface area (Å²) in [4.78, 5) is 0.392. The highest BCUT2D eigenvalue weighted by Gasteiger charge is 2.26. The van der Waals surface area contributed by atoms with Crippen LogP contribution in [0, 0.1) is 5.41 Å². The zero-order valence-corrected chi connectivity index (χ0v) is 13.0. The van der Waals surface area contributed by atoms with Crippen molar-refractivity contribution in [1.82, 2.24) is 0 Å². The predicted molar refractivity (Wildman–Crippen MR) is 80.8 cm³/mol. The third-order valence-electron chi connectivity index (χ3n) is 4.01. The van der Waals surface area contributed by atoms with E-state index in [-0.39, 0.29) is 11.2 Å². The van der Waals surface area contributed by atoms with Gasteiger partial charge in [0.2, 0.25) is 0 Å². The molecule has 1 aliphatic rings. The van der Waals surface area contributed by atoms with Crippen molar-refractivity contribution >= 4 is 15.5 Å². The van der Waals surface area contributed by atoms with Crippen LogP contribution in [0.15, 0.2) is 29.2 Å². The summed E-state index contributed by atoms with van der Waals surface area (Å²) in [5.74, 6) is 0.137. The molecule has 1 N–H and O–H groups in total. The Bertz CT molecular complexity index is 531. The van der Waals surface area contributed by atoms with E-state index in [0.717, 1.165) is 38.3 Å². The van der Waals surface area contributed by atoms with Crippen molar-refractivity contribution < 1.29 is 13.2 Å². The number of hydrogen-bond acceptors (Lipinski definition) is 4. The first kappa shape index (κ1) is 15.3. The predicted octanol–water partition coefficient (Wildman–Crippen LogP) is 2.71. The maximum absolute atomic E-state index is 11.7. The van der Waals surface area contributed by atoms with Gasteiger partial charge >= 0.3 is 0 Å². The van der Waals surface area contributed by atoms with E-state index in [1.165, 1.54) is 0 Å². The van der Waals surface area contributed by atoms with Gasteiger partial charge < -0.3 is 10.1 Å². The fourth-order valence-electron chi connectivity index (χ4n) is 2.30. The normalized spacial score (nSPS) is 18.7. The summed E-state index contributed by atoms with van der Waals surface area (Å²) >= 11 is 0. The van der Waals surface area contributed by atoms with E-state index in [2.05, 4.69) is 12.2 Å². The summed E-state index contributed by atoms with van der Waals surface area (Å²) in [5, 5.41) is 3.40. The van der Waals surface area contributed by atoms with Crippen molar-refractivity contribution in [2.75, 3.05) is 30.8 Å². The molecule has 1 aromatic carbocycles. The van der Waals surface area contributed by atoms with Crippen LogP contribution in [0.25, 0.3) is 0 Å². The maximum atomic E-state index is 11.7. The minimum atomic E-state index is -3.11. The van der Waals surface area contributed by atoms with Crippen LogP contribution in [-0.4, -0.2) is 33.9 Å². The highest BCUT2D eigenvalue weighted by atomic mass is 32.2. The average molecular weight is 297 g/mol. The first-order valence-electron chi connectivity index (χ1n) is 7.10. The van der Waals surface area contributed by atoms with Gasteiger partial charge in [-0.3, -0.25) is 0 Å². The van der Waals surface area contributed by atoms with Gasteiger partial charge in [0, 0.05) is 25.4 Å². The third-order valence-corrected chi connectivity index (χ3v) is 5.76. The zero-order valence-electron chi connectivity index (χ0n) is 12.2. The second-order valence-corrected chi connectivity index (χ2v) is 7.98. The number of benzene rings is 1. The van der Waals surface area contributed by atoms with Crippen LogP contribution in [-0.2, 0) is 14.6 Å². The Labute approximate surface area is 121 Å². The van der Waals surface area contributed by atoms with E-state index in [1.807, 2.05) is 12.1 Å². The third kappa shape index (κ3) is 3.73. The summed E-state index contributed by atoms with van der Waals surface area (Å²) < 4.78 is 28.9. The second kappa shape index (κ2) is 6.14. The molecular weight excluding hydrogens is 274 g/mol. The van der Waals surface area contributed by atoms with Gasteiger partial charge in [-0.25, -0.2) is 8.42 Å². The quantitative estimate of drug-likeness (QED) is 0.908. The molecule has 0 aliphatic carbocycles. The zero-order chi connectivity index (χ0) is 14.6. The molecule has 1 aliphatic heterocycles. The summed E-state index contributed by atoms with van der Waals surface area (Å²) in [6.45, 7) is 6.46. The van der Waals surface area contributed by atoms with Gasteiger partial charge in [0.25, 0.3) is 0 Å². The highest BCUT2D eigenvalue weighted by Crippen LogP contribution is 2.30. The lowest BCUT2D eigenvalue weighted by Gasteiger charge is -2.33. The monoisotopic (exact) mass is 297 g/mol. The molecule has 1 saturated heterocycles. The van der Waals surface area contributed by atoms with Crippen LogP contribution in [0.2, 0.25) is 0 Å². The number of hydrogen-bond donors (Lipinski definition) is 1. The Balaban J connectivity index is 1.97. The van der Waals surface area contributed by atoms with Crippen LogP contribution in [0.5, 0.6) is 0 Å². The number of nitrogens with one attached hydrogen (secondary N) is 1. The van der Waals surface area contributed by atoms with Crippen LogP contribution in [0.3, 0.4) is 0 Å². The van der Waals surface area contributed by atoms with Crippen LogP contribution in [0.4, 0.5) is 5.69 Å². The van der Waals surface area contributed by atoms with Gasteiger partial charge in [0.05, 0.1) is 10.6 Å². The molecule has 4 nitrogen and oxygen atoms in total. The minimum Gasteiger partial charge on any atom is -0.384 e. The molecule has 2 rings (SSSR count). The summed E-state index contributed by atoms with van der Waals surface area (Å²) in [5.41, 5.74) is 1.22. The SMILES string of the molecule is CCS(=O)(=O)c1ccc(NCC2(C)CCOCC2)cc1. The highest BCUT2D eigenvalue weighted by molar-refractivity contribution is 7.91. The molecule has 0 unspecified atom stereocenters. The molecule has 1 heterocycles. The molecule has 5 heteroatoms. The van der Waals surface area contributed by atoms with Crippen LogP contribution < -0.4 is 5.32 Å². The molecule has 1 aromatic rings. The molecule has 1 fully saturated rings. The maximum Gasteiger partial charge on any atom is 0.178 e. The van der Waals surface area contributed by atoms with E-state index < -0.39 is 9.84 Å². The van der Waals surface area contributed by atoms with Gasteiger partial charge in [-0.1, -0.05) is 13.8 Å². The van der Waals surface area contributed by atoms with Gasteiger partial charge in [-0.05, 0) is 42.5 Å². The summed E-state index contributed by atoms with van der Waals surface area (Å²) in [6.07, 6.45) is 2.12. The summed E-state index contributed by atoms with van der Waals surface area (Å²) in [7, 11) is -3.11. The lowest BCUT2D eigenvalue weighted by Crippen LogP contribution is -2.33. The largest absolute Gasteiger partial charge is 0.384 e. The molecule has 0 radical (unpaired) electrons. The molecule has 0 amide bonds. The number of sulfone groups is 1. The summed E-state index contributed by atoms with van der Waals surface area (Å²) in [6, 6.07) is 7.03. The van der Waals surface area contributed by atoms with Crippen LogP contribution in [0.1, 0.15) is 26.7 Å². The Morgan fingerprint density at radius 3 is 2.35 bits per heavy atom. The van der Waals surface area contributed by atoms with Crippen molar-refractivity contribution in [1.29, 1.82) is 0 Å². The average Bonchev–Trinajstić information content (AvgIpc) is 2.46.